The number of halogens is 1. The topological polar surface area (TPSA) is 43.8 Å². The van der Waals surface area contributed by atoms with Crippen molar-refractivity contribution in [2.45, 2.75) is 50.6 Å². The van der Waals surface area contributed by atoms with Gasteiger partial charge in [-0.3, -0.25) is 4.90 Å². The molecule has 162 valence electrons. The molecule has 2 bridgehead atoms. The Hall–Kier alpha value is -2.04. The van der Waals surface area contributed by atoms with E-state index in [1.807, 2.05) is 23.1 Å². The van der Waals surface area contributed by atoms with Gasteiger partial charge in [0.05, 0.1) is 12.1 Å². The largest absolute Gasteiger partial charge is 0.465 e. The van der Waals surface area contributed by atoms with Gasteiger partial charge in [0, 0.05) is 17.1 Å². The zero-order valence-electron chi connectivity index (χ0n) is 17.8. The average molecular weight is 437 g/mol. The summed E-state index contributed by atoms with van der Waals surface area (Å²) in [5, 5.41) is 11.2. The summed E-state index contributed by atoms with van der Waals surface area (Å²) in [5.41, 5.74) is 4.76. The number of piperidine rings is 3. The highest BCUT2D eigenvalue weighted by Crippen LogP contribution is 2.64. The molecule has 2 aromatic rings. The molecule has 3 aliphatic heterocycles. The number of carbonyl (C=O) groups is 1. The first-order valence-electron chi connectivity index (χ1n) is 11.7. The van der Waals surface area contributed by atoms with Crippen molar-refractivity contribution in [3.63, 3.8) is 0 Å². The summed E-state index contributed by atoms with van der Waals surface area (Å²) in [5.74, 6) is 0.494. The highest BCUT2D eigenvalue weighted by Gasteiger charge is 2.57. The first-order valence-corrected chi connectivity index (χ1v) is 12.0. The molecule has 7 rings (SSSR count). The predicted octanol–water partition coefficient (Wildman–Crippen LogP) is 5.85. The average Bonchev–Trinajstić information content (AvgIpc) is 3.56. The van der Waals surface area contributed by atoms with Crippen molar-refractivity contribution < 1.29 is 9.90 Å². The quantitative estimate of drug-likeness (QED) is 0.656. The second-order valence-corrected chi connectivity index (χ2v) is 10.5. The van der Waals surface area contributed by atoms with Gasteiger partial charge >= 0.3 is 6.09 Å². The monoisotopic (exact) mass is 436 g/mol. The number of nitrogens with zero attached hydrogens (tertiary/aromatic N) is 2. The van der Waals surface area contributed by atoms with Crippen molar-refractivity contribution in [2.24, 2.45) is 11.3 Å². The summed E-state index contributed by atoms with van der Waals surface area (Å²) in [7, 11) is 0. The number of benzene rings is 2. The van der Waals surface area contributed by atoms with E-state index in [0.717, 1.165) is 74.3 Å². The molecule has 1 saturated carbocycles. The van der Waals surface area contributed by atoms with Gasteiger partial charge in [0.1, 0.15) is 0 Å². The molecule has 3 heterocycles. The maximum Gasteiger partial charge on any atom is 0.408 e. The Morgan fingerprint density at radius 2 is 1.87 bits per heavy atom. The van der Waals surface area contributed by atoms with E-state index in [1.165, 1.54) is 11.1 Å². The lowest BCUT2D eigenvalue weighted by molar-refractivity contribution is -0.0243. The van der Waals surface area contributed by atoms with Crippen molar-refractivity contribution >= 4 is 17.7 Å². The lowest BCUT2D eigenvalue weighted by atomic mass is 9.73. The summed E-state index contributed by atoms with van der Waals surface area (Å²) in [6.07, 6.45) is 5.92. The zero-order chi connectivity index (χ0) is 21.2. The Balaban J connectivity index is 1.46. The van der Waals surface area contributed by atoms with Crippen LogP contribution in [0.1, 0.15) is 49.3 Å². The predicted molar refractivity (Wildman–Crippen MR) is 122 cm³/mol. The lowest BCUT2D eigenvalue weighted by Crippen LogP contribution is -2.60. The van der Waals surface area contributed by atoms with Gasteiger partial charge in [-0.25, -0.2) is 4.79 Å². The molecule has 3 saturated heterocycles. The minimum absolute atomic E-state index is 0.0401. The molecule has 0 aromatic heterocycles. The molecule has 2 atom stereocenters. The van der Waals surface area contributed by atoms with E-state index in [2.05, 4.69) is 29.2 Å². The van der Waals surface area contributed by atoms with Crippen molar-refractivity contribution in [1.82, 2.24) is 9.80 Å². The summed E-state index contributed by atoms with van der Waals surface area (Å²) in [6.45, 7) is 3.14. The smallest absolute Gasteiger partial charge is 0.408 e. The van der Waals surface area contributed by atoms with Gasteiger partial charge in [0.2, 0.25) is 0 Å². The van der Waals surface area contributed by atoms with E-state index >= 15 is 0 Å². The molecule has 1 N–H and O–H groups in total. The Labute approximate surface area is 188 Å². The molecule has 1 spiro atoms. The number of carboxylic acid groups (broad SMARTS) is 1. The second kappa shape index (κ2) is 7.25. The molecule has 1 amide bonds. The van der Waals surface area contributed by atoms with Crippen LogP contribution in [0.5, 0.6) is 0 Å². The molecular formula is C26H29ClN2O2. The van der Waals surface area contributed by atoms with Gasteiger partial charge in [-0.1, -0.05) is 41.9 Å². The fourth-order valence-electron chi connectivity index (χ4n) is 6.61. The van der Waals surface area contributed by atoms with Gasteiger partial charge in [0.25, 0.3) is 0 Å². The fourth-order valence-corrected chi connectivity index (χ4v) is 6.86. The van der Waals surface area contributed by atoms with Crippen LogP contribution in [0.3, 0.4) is 0 Å². The number of amides is 1. The van der Waals surface area contributed by atoms with E-state index in [1.54, 1.807) is 0 Å². The molecule has 2 aromatic carbocycles. The Morgan fingerprint density at radius 3 is 2.52 bits per heavy atom. The van der Waals surface area contributed by atoms with E-state index in [0.29, 0.717) is 5.92 Å². The highest BCUT2D eigenvalue weighted by atomic mass is 35.5. The van der Waals surface area contributed by atoms with Crippen LogP contribution < -0.4 is 0 Å². The standard InChI is InChI=1S/C26H29ClN2O2/c27-22-4-2-1-3-20(22)19-6-5-17-7-10-26(11-12-26)24(21(17)15-19)29(25(30)31)23-16-28-13-8-18(23)9-14-28/h1-6,15,18,23-24H,7-14,16H2,(H,30,31)/t23-,24?/m1/s1. The van der Waals surface area contributed by atoms with E-state index < -0.39 is 6.09 Å². The molecule has 5 heteroatoms. The van der Waals surface area contributed by atoms with Crippen LogP contribution in [-0.4, -0.2) is 46.7 Å². The summed E-state index contributed by atoms with van der Waals surface area (Å²) in [4.78, 5) is 17.2. The van der Waals surface area contributed by atoms with Crippen molar-refractivity contribution in [3.05, 3.63) is 58.6 Å². The van der Waals surface area contributed by atoms with Gasteiger partial charge in [-0.2, -0.15) is 0 Å². The lowest BCUT2D eigenvalue weighted by Gasteiger charge is -2.52. The SMILES string of the molecule is O=C(O)N(C1c2cc(-c3ccccc3Cl)ccc2CCC12CC2)[C@@H]1CN2CCC1CC2. The van der Waals surface area contributed by atoms with Crippen molar-refractivity contribution in [2.75, 3.05) is 19.6 Å². The van der Waals surface area contributed by atoms with Crippen LogP contribution in [0, 0.1) is 11.3 Å². The molecule has 4 nitrogen and oxygen atoms in total. The van der Waals surface area contributed by atoms with Crippen LogP contribution in [0.15, 0.2) is 42.5 Å². The maximum absolute atomic E-state index is 12.8. The third-order valence-electron chi connectivity index (χ3n) is 8.47. The summed E-state index contributed by atoms with van der Waals surface area (Å²) in [6, 6.07) is 14.6. The van der Waals surface area contributed by atoms with Crippen LogP contribution in [0.2, 0.25) is 5.02 Å². The van der Waals surface area contributed by atoms with E-state index in [4.69, 9.17) is 11.6 Å². The van der Waals surface area contributed by atoms with Crippen molar-refractivity contribution in [1.29, 1.82) is 0 Å². The minimum atomic E-state index is -0.744. The molecule has 4 fully saturated rings. The molecule has 31 heavy (non-hydrogen) atoms. The van der Waals surface area contributed by atoms with Crippen LogP contribution >= 0.6 is 11.6 Å². The number of hydrogen-bond donors (Lipinski definition) is 1. The molecule has 0 radical (unpaired) electrons. The maximum atomic E-state index is 12.8. The molecular weight excluding hydrogens is 408 g/mol. The van der Waals surface area contributed by atoms with E-state index in [9.17, 15) is 9.90 Å². The minimum Gasteiger partial charge on any atom is -0.465 e. The van der Waals surface area contributed by atoms with Gasteiger partial charge in [-0.15, -0.1) is 0 Å². The Kier molecular flexibility index (Phi) is 4.59. The first kappa shape index (κ1) is 19.6. The number of aryl methyl sites for hydroxylation is 1. The first-order chi connectivity index (χ1) is 15.1. The molecule has 1 unspecified atom stereocenters. The Morgan fingerprint density at radius 1 is 1.10 bits per heavy atom. The normalized spacial score (nSPS) is 30.1. The zero-order valence-corrected chi connectivity index (χ0v) is 18.5. The van der Waals surface area contributed by atoms with Crippen molar-refractivity contribution in [3.8, 4) is 11.1 Å². The summed E-state index contributed by atoms with van der Waals surface area (Å²) >= 11 is 6.51. The molecule has 2 aliphatic carbocycles. The number of rotatable bonds is 3. The number of hydrogen-bond acceptors (Lipinski definition) is 2. The molecule has 5 aliphatic rings. The highest BCUT2D eigenvalue weighted by molar-refractivity contribution is 6.33. The van der Waals surface area contributed by atoms with E-state index in [-0.39, 0.29) is 17.5 Å². The third-order valence-corrected chi connectivity index (χ3v) is 8.80. The van der Waals surface area contributed by atoms with Gasteiger partial charge in [0.15, 0.2) is 0 Å². The fraction of sp³-hybridized carbons (Fsp3) is 0.500. The summed E-state index contributed by atoms with van der Waals surface area (Å²) < 4.78 is 0. The Bertz CT molecular complexity index is 1030. The van der Waals surface area contributed by atoms with Crippen LogP contribution in [0.25, 0.3) is 11.1 Å². The second-order valence-electron chi connectivity index (χ2n) is 10.1. The van der Waals surface area contributed by atoms with Gasteiger partial charge < -0.3 is 10.0 Å². The van der Waals surface area contributed by atoms with Crippen LogP contribution in [-0.2, 0) is 6.42 Å². The van der Waals surface area contributed by atoms with Gasteiger partial charge in [-0.05, 0) is 91.8 Å². The number of fused-ring (bicyclic) bond motifs is 4. The third kappa shape index (κ3) is 3.18. The van der Waals surface area contributed by atoms with Crippen LogP contribution in [0.4, 0.5) is 4.79 Å².